The number of benzene rings is 2. The Morgan fingerprint density at radius 1 is 1.19 bits per heavy atom. The fourth-order valence-corrected chi connectivity index (χ4v) is 3.95. The maximum atomic E-state index is 13.2. The van der Waals surface area contributed by atoms with Crippen molar-refractivity contribution in [3.05, 3.63) is 63.7 Å². The maximum absolute atomic E-state index is 13.2. The van der Waals surface area contributed by atoms with Crippen LogP contribution < -0.4 is 4.74 Å². The molecule has 5 heteroatoms. The van der Waals surface area contributed by atoms with E-state index in [-0.39, 0.29) is 12.0 Å². The first-order valence-corrected chi connectivity index (χ1v) is 9.39. The molecule has 0 radical (unpaired) electrons. The minimum atomic E-state index is -0.134. The third-order valence-corrected chi connectivity index (χ3v) is 5.49. The SMILES string of the molecule is COc1cc2c(cc1C(=O)N1CCOC(c3ccc(Cl)cc3)C1)CCC2. The van der Waals surface area contributed by atoms with E-state index >= 15 is 0 Å². The second-order valence-corrected chi connectivity index (χ2v) is 7.27. The van der Waals surface area contributed by atoms with Crippen molar-refractivity contribution in [3.63, 3.8) is 0 Å². The second kappa shape index (κ2) is 7.29. The molecule has 26 heavy (non-hydrogen) atoms. The quantitative estimate of drug-likeness (QED) is 0.817. The number of halogens is 1. The Hall–Kier alpha value is -2.04. The highest BCUT2D eigenvalue weighted by molar-refractivity contribution is 6.30. The van der Waals surface area contributed by atoms with Crippen LogP contribution >= 0.6 is 11.6 Å². The van der Waals surface area contributed by atoms with Gasteiger partial charge in [-0.2, -0.15) is 0 Å². The van der Waals surface area contributed by atoms with Crippen LogP contribution in [0.15, 0.2) is 36.4 Å². The number of carbonyl (C=O) groups is 1. The van der Waals surface area contributed by atoms with E-state index in [0.29, 0.717) is 36.0 Å². The van der Waals surface area contributed by atoms with Crippen molar-refractivity contribution in [1.29, 1.82) is 0 Å². The number of hydrogen-bond donors (Lipinski definition) is 0. The number of ether oxygens (including phenoxy) is 2. The summed E-state index contributed by atoms with van der Waals surface area (Å²) < 4.78 is 11.4. The number of fused-ring (bicyclic) bond motifs is 1. The van der Waals surface area contributed by atoms with Crippen molar-refractivity contribution in [3.8, 4) is 5.75 Å². The minimum Gasteiger partial charge on any atom is -0.496 e. The second-order valence-electron chi connectivity index (χ2n) is 6.84. The van der Waals surface area contributed by atoms with Crippen LogP contribution in [0.4, 0.5) is 0 Å². The summed E-state index contributed by atoms with van der Waals surface area (Å²) in [6.07, 6.45) is 3.11. The van der Waals surface area contributed by atoms with Crippen molar-refractivity contribution in [2.75, 3.05) is 26.8 Å². The number of amides is 1. The lowest BCUT2D eigenvalue weighted by atomic mass is 10.0. The number of nitrogens with zero attached hydrogens (tertiary/aromatic N) is 1. The Morgan fingerprint density at radius 3 is 2.65 bits per heavy atom. The molecule has 2 aromatic rings. The zero-order chi connectivity index (χ0) is 18.1. The normalized spacial score (nSPS) is 19.3. The molecule has 0 spiro atoms. The summed E-state index contributed by atoms with van der Waals surface area (Å²) in [5.41, 5.74) is 4.27. The molecule has 0 bridgehead atoms. The van der Waals surface area contributed by atoms with Crippen LogP contribution in [0.5, 0.6) is 5.75 Å². The van der Waals surface area contributed by atoms with Crippen LogP contribution in [0.3, 0.4) is 0 Å². The zero-order valence-electron chi connectivity index (χ0n) is 14.8. The fourth-order valence-electron chi connectivity index (χ4n) is 3.82. The lowest BCUT2D eigenvalue weighted by Gasteiger charge is -2.33. The van der Waals surface area contributed by atoms with Gasteiger partial charge in [0, 0.05) is 11.6 Å². The maximum Gasteiger partial charge on any atom is 0.257 e. The molecule has 1 aliphatic carbocycles. The molecule has 0 aromatic heterocycles. The van der Waals surface area contributed by atoms with E-state index in [9.17, 15) is 4.79 Å². The summed E-state index contributed by atoms with van der Waals surface area (Å²) in [6, 6.07) is 11.7. The smallest absolute Gasteiger partial charge is 0.257 e. The van der Waals surface area contributed by atoms with Crippen LogP contribution in [0.2, 0.25) is 5.02 Å². The molecule has 1 saturated heterocycles. The van der Waals surface area contributed by atoms with Gasteiger partial charge in [-0.15, -0.1) is 0 Å². The Labute approximate surface area is 158 Å². The number of carbonyl (C=O) groups excluding carboxylic acids is 1. The molecule has 1 amide bonds. The van der Waals surface area contributed by atoms with E-state index in [4.69, 9.17) is 21.1 Å². The molecule has 2 aromatic carbocycles. The molecule has 0 N–H and O–H groups in total. The predicted molar refractivity (Wildman–Crippen MR) is 101 cm³/mol. The van der Waals surface area contributed by atoms with Crippen LogP contribution in [-0.2, 0) is 17.6 Å². The van der Waals surface area contributed by atoms with E-state index in [2.05, 4.69) is 0 Å². The monoisotopic (exact) mass is 371 g/mol. The average Bonchev–Trinajstić information content (AvgIpc) is 3.14. The topological polar surface area (TPSA) is 38.8 Å². The fraction of sp³-hybridized carbons (Fsp3) is 0.381. The van der Waals surface area contributed by atoms with Crippen molar-refractivity contribution in [2.45, 2.75) is 25.4 Å². The average molecular weight is 372 g/mol. The third-order valence-electron chi connectivity index (χ3n) is 5.24. The van der Waals surface area contributed by atoms with Crippen molar-refractivity contribution < 1.29 is 14.3 Å². The predicted octanol–water partition coefficient (Wildman–Crippen LogP) is 4.05. The first-order chi connectivity index (χ1) is 12.7. The number of aryl methyl sites for hydroxylation is 2. The van der Waals surface area contributed by atoms with E-state index in [1.807, 2.05) is 41.3 Å². The molecule has 0 saturated carbocycles. The molecule has 1 unspecified atom stereocenters. The van der Waals surface area contributed by atoms with Crippen LogP contribution in [0.25, 0.3) is 0 Å². The highest BCUT2D eigenvalue weighted by atomic mass is 35.5. The Balaban J connectivity index is 1.57. The molecule has 1 heterocycles. The molecular formula is C21H22ClNO3. The van der Waals surface area contributed by atoms with Gasteiger partial charge in [0.05, 0.1) is 25.8 Å². The van der Waals surface area contributed by atoms with Gasteiger partial charge in [0.25, 0.3) is 5.91 Å². The first kappa shape index (κ1) is 17.4. The molecule has 1 aliphatic heterocycles. The van der Waals surface area contributed by atoms with Gasteiger partial charge in [0.2, 0.25) is 0 Å². The molecule has 4 nitrogen and oxygen atoms in total. The number of hydrogen-bond acceptors (Lipinski definition) is 3. The first-order valence-electron chi connectivity index (χ1n) is 9.02. The van der Waals surface area contributed by atoms with E-state index in [0.717, 1.165) is 24.8 Å². The van der Waals surface area contributed by atoms with Crippen molar-refractivity contribution in [1.82, 2.24) is 4.90 Å². The van der Waals surface area contributed by atoms with Gasteiger partial charge in [0.15, 0.2) is 0 Å². The summed E-state index contributed by atoms with van der Waals surface area (Å²) in [5.74, 6) is 0.684. The van der Waals surface area contributed by atoms with Gasteiger partial charge in [-0.1, -0.05) is 23.7 Å². The molecule has 2 aliphatic rings. The van der Waals surface area contributed by atoms with Gasteiger partial charge in [-0.3, -0.25) is 4.79 Å². The van der Waals surface area contributed by atoms with Crippen LogP contribution in [-0.4, -0.2) is 37.6 Å². The third kappa shape index (κ3) is 3.31. The Morgan fingerprint density at radius 2 is 1.92 bits per heavy atom. The zero-order valence-corrected chi connectivity index (χ0v) is 15.6. The van der Waals surface area contributed by atoms with Gasteiger partial charge >= 0.3 is 0 Å². The van der Waals surface area contributed by atoms with Crippen molar-refractivity contribution >= 4 is 17.5 Å². The van der Waals surface area contributed by atoms with Gasteiger partial charge in [0.1, 0.15) is 11.9 Å². The van der Waals surface area contributed by atoms with Gasteiger partial charge in [-0.25, -0.2) is 0 Å². The molecular weight excluding hydrogens is 350 g/mol. The minimum absolute atomic E-state index is 0.0128. The number of morpholine rings is 1. The molecule has 1 fully saturated rings. The van der Waals surface area contributed by atoms with Gasteiger partial charge < -0.3 is 14.4 Å². The molecule has 136 valence electrons. The van der Waals surface area contributed by atoms with E-state index < -0.39 is 0 Å². The summed E-state index contributed by atoms with van der Waals surface area (Å²) in [6.45, 7) is 1.64. The highest BCUT2D eigenvalue weighted by Gasteiger charge is 2.29. The summed E-state index contributed by atoms with van der Waals surface area (Å²) in [4.78, 5) is 15.0. The highest BCUT2D eigenvalue weighted by Crippen LogP contribution is 2.32. The largest absolute Gasteiger partial charge is 0.496 e. The van der Waals surface area contributed by atoms with Crippen LogP contribution in [0, 0.1) is 0 Å². The Kier molecular flexibility index (Phi) is 4.88. The lowest BCUT2D eigenvalue weighted by Crippen LogP contribution is -2.42. The standard InChI is InChI=1S/C21H22ClNO3/c1-25-19-12-16-4-2-3-15(16)11-18(19)21(24)23-9-10-26-20(13-23)14-5-7-17(22)8-6-14/h5-8,11-12,20H,2-4,9-10,13H2,1H3. The number of methoxy groups -OCH3 is 1. The van der Waals surface area contributed by atoms with E-state index in [1.165, 1.54) is 11.1 Å². The van der Waals surface area contributed by atoms with E-state index in [1.54, 1.807) is 7.11 Å². The van der Waals surface area contributed by atoms with Crippen molar-refractivity contribution in [2.24, 2.45) is 0 Å². The van der Waals surface area contributed by atoms with Gasteiger partial charge in [-0.05, 0) is 60.2 Å². The Bertz CT molecular complexity index is 819. The number of rotatable bonds is 3. The lowest BCUT2D eigenvalue weighted by molar-refractivity contribution is -0.0229. The summed E-state index contributed by atoms with van der Waals surface area (Å²) in [7, 11) is 1.63. The molecule has 1 atom stereocenters. The summed E-state index contributed by atoms with van der Waals surface area (Å²) in [5, 5.41) is 0.695. The molecule has 4 rings (SSSR count). The van der Waals surface area contributed by atoms with Crippen LogP contribution in [0.1, 0.15) is 39.6 Å². The summed E-state index contributed by atoms with van der Waals surface area (Å²) >= 11 is 5.97.